The number of halogens is 4. The highest BCUT2D eigenvalue weighted by Gasteiger charge is 2.12. The van der Waals surface area contributed by atoms with E-state index < -0.39 is 0 Å². The first-order valence-electron chi connectivity index (χ1n) is 6.36. The number of nitrogens with zero attached hydrogens (tertiary/aromatic N) is 1. The number of carbonyl (C=O) groups excluding carboxylic acids is 1. The Balaban J connectivity index is 0.00000242. The summed E-state index contributed by atoms with van der Waals surface area (Å²) in [6.07, 6.45) is 4.19. The Kier molecular flexibility index (Phi) is 7.63. The van der Waals surface area contributed by atoms with Gasteiger partial charge in [0.2, 0.25) is 5.91 Å². The molecule has 1 aromatic heterocycles. The van der Waals surface area contributed by atoms with Crippen molar-refractivity contribution < 1.29 is 26.3 Å². The molecule has 7 heteroatoms. The molecule has 22 heavy (non-hydrogen) atoms. The van der Waals surface area contributed by atoms with Gasteiger partial charge in [-0.3, -0.25) is 4.79 Å². The number of benzene rings is 1. The lowest BCUT2D eigenvalue weighted by atomic mass is 10.3. The molecule has 0 aliphatic heterocycles. The highest BCUT2D eigenvalue weighted by molar-refractivity contribution is 6.42. The Morgan fingerprint density at radius 2 is 1.68 bits per heavy atom. The van der Waals surface area contributed by atoms with Gasteiger partial charge in [0, 0.05) is 17.2 Å². The van der Waals surface area contributed by atoms with Crippen molar-refractivity contribution in [2.24, 2.45) is 0 Å². The van der Waals surface area contributed by atoms with E-state index in [-0.39, 0.29) is 22.9 Å². The van der Waals surface area contributed by atoms with Gasteiger partial charge in [-0.15, -0.1) is 0 Å². The van der Waals surface area contributed by atoms with Gasteiger partial charge in [0.15, 0.2) is 18.9 Å². The molecule has 1 N–H and O–H groups in total. The van der Waals surface area contributed by atoms with Crippen molar-refractivity contribution in [2.75, 3.05) is 5.32 Å². The van der Waals surface area contributed by atoms with Gasteiger partial charge in [0.25, 0.3) is 0 Å². The first-order valence-corrected chi connectivity index (χ1v) is 7.49. The van der Waals surface area contributed by atoms with Crippen LogP contribution in [0.1, 0.15) is 12.0 Å². The number of carbonyl (C=O) groups is 1. The molecule has 0 spiro atoms. The van der Waals surface area contributed by atoms with Crippen molar-refractivity contribution in [3.63, 3.8) is 0 Å². The average Bonchev–Trinajstić information content (AvgIpc) is 2.42. The summed E-state index contributed by atoms with van der Waals surface area (Å²) in [4.78, 5) is 12.0. The molecule has 0 aliphatic rings. The van der Waals surface area contributed by atoms with E-state index in [0.29, 0.717) is 33.7 Å². The number of aromatic nitrogens is 1. The summed E-state index contributed by atoms with van der Waals surface area (Å²) >= 11 is 17.9. The molecule has 1 aromatic carbocycles. The van der Waals surface area contributed by atoms with Crippen molar-refractivity contribution >= 4 is 46.4 Å². The SMILES string of the molecule is Cc1cc[n+](CCC(=O)Nc2c(Cl)cc(Cl)cc2Cl)cc1.[Br-]. The lowest BCUT2D eigenvalue weighted by molar-refractivity contribution is -0.695. The summed E-state index contributed by atoms with van der Waals surface area (Å²) in [6.45, 7) is 2.59. The predicted octanol–water partition coefficient (Wildman–Crippen LogP) is 1.28. The Labute approximate surface area is 155 Å². The van der Waals surface area contributed by atoms with Crippen molar-refractivity contribution in [3.05, 3.63) is 57.3 Å². The minimum atomic E-state index is -0.158. The monoisotopic (exact) mass is 422 g/mol. The smallest absolute Gasteiger partial charge is 0.230 e. The maximum Gasteiger partial charge on any atom is 0.230 e. The van der Waals surface area contributed by atoms with E-state index in [9.17, 15) is 4.79 Å². The third-order valence-corrected chi connectivity index (χ3v) is 3.74. The van der Waals surface area contributed by atoms with E-state index in [1.807, 2.05) is 36.0 Å². The average molecular weight is 425 g/mol. The molecule has 0 radical (unpaired) electrons. The van der Waals surface area contributed by atoms with Crippen molar-refractivity contribution in [1.82, 2.24) is 0 Å². The summed E-state index contributed by atoms with van der Waals surface area (Å²) in [5.74, 6) is -0.158. The van der Waals surface area contributed by atoms with Crippen LogP contribution < -0.4 is 26.9 Å². The molecule has 118 valence electrons. The lowest BCUT2D eigenvalue weighted by Crippen LogP contribution is -3.00. The Hall–Kier alpha value is -0.810. The van der Waals surface area contributed by atoms with Crippen molar-refractivity contribution in [2.45, 2.75) is 19.9 Å². The number of hydrogen-bond acceptors (Lipinski definition) is 1. The highest BCUT2D eigenvalue weighted by Crippen LogP contribution is 2.33. The molecular formula is C15H14BrCl3N2O. The Bertz CT molecular complexity index is 639. The highest BCUT2D eigenvalue weighted by atomic mass is 79.9. The quantitative estimate of drug-likeness (QED) is 0.737. The fourth-order valence-corrected chi connectivity index (χ4v) is 2.69. The van der Waals surface area contributed by atoms with E-state index in [1.54, 1.807) is 12.1 Å². The van der Waals surface area contributed by atoms with Gasteiger partial charge in [-0.2, -0.15) is 0 Å². The second kappa shape index (κ2) is 8.73. The zero-order valence-electron chi connectivity index (χ0n) is 11.7. The first-order chi connectivity index (χ1) is 9.95. The summed E-state index contributed by atoms with van der Waals surface area (Å²) < 4.78 is 1.94. The van der Waals surface area contributed by atoms with E-state index in [4.69, 9.17) is 34.8 Å². The third-order valence-electron chi connectivity index (χ3n) is 2.93. The summed E-state index contributed by atoms with van der Waals surface area (Å²) in [7, 11) is 0. The number of aryl methyl sites for hydroxylation is 2. The van der Waals surface area contributed by atoms with Crippen LogP contribution in [0.3, 0.4) is 0 Å². The minimum absolute atomic E-state index is 0. The second-order valence-corrected chi connectivity index (χ2v) is 5.91. The number of hydrogen-bond donors (Lipinski definition) is 1. The van der Waals surface area contributed by atoms with Crippen LogP contribution in [0.15, 0.2) is 36.7 Å². The van der Waals surface area contributed by atoms with Gasteiger partial charge < -0.3 is 22.3 Å². The molecule has 0 bridgehead atoms. The molecular weight excluding hydrogens is 410 g/mol. The molecule has 3 nitrogen and oxygen atoms in total. The van der Waals surface area contributed by atoms with Crippen LogP contribution >= 0.6 is 34.8 Å². The van der Waals surface area contributed by atoms with Crippen LogP contribution in [0.4, 0.5) is 5.69 Å². The van der Waals surface area contributed by atoms with E-state index in [1.165, 1.54) is 5.56 Å². The van der Waals surface area contributed by atoms with Gasteiger partial charge in [0.05, 0.1) is 22.2 Å². The Morgan fingerprint density at radius 3 is 2.23 bits per heavy atom. The molecule has 0 saturated carbocycles. The maximum atomic E-state index is 12.0. The molecule has 2 aromatic rings. The van der Waals surface area contributed by atoms with E-state index in [0.717, 1.165) is 0 Å². The van der Waals surface area contributed by atoms with Crippen molar-refractivity contribution in [1.29, 1.82) is 0 Å². The largest absolute Gasteiger partial charge is 1.00 e. The van der Waals surface area contributed by atoms with Crippen LogP contribution in [0.2, 0.25) is 15.1 Å². The van der Waals surface area contributed by atoms with E-state index >= 15 is 0 Å². The zero-order valence-corrected chi connectivity index (χ0v) is 15.6. The van der Waals surface area contributed by atoms with Crippen LogP contribution in [0.5, 0.6) is 0 Å². The van der Waals surface area contributed by atoms with Crippen molar-refractivity contribution in [3.8, 4) is 0 Å². The van der Waals surface area contributed by atoms with Gasteiger partial charge in [0.1, 0.15) is 0 Å². The normalized spacial score (nSPS) is 10.0. The standard InChI is InChI=1S/C15H13Cl3N2O.BrH/c1-10-2-5-20(6-3-10)7-4-14(21)19-15-12(17)8-11(16)9-13(15)18;/h2-3,5-6,8-9H,4,7H2,1H3;1H. The van der Waals surface area contributed by atoms with Gasteiger partial charge in [-0.1, -0.05) is 34.8 Å². The summed E-state index contributed by atoms with van der Waals surface area (Å²) in [5.41, 5.74) is 1.57. The maximum absolute atomic E-state index is 12.0. The van der Waals surface area contributed by atoms with Gasteiger partial charge >= 0.3 is 0 Å². The van der Waals surface area contributed by atoms with Crippen LogP contribution in [0.25, 0.3) is 0 Å². The van der Waals surface area contributed by atoms with Gasteiger partial charge in [-0.05, 0) is 24.6 Å². The zero-order chi connectivity index (χ0) is 15.4. The molecule has 0 unspecified atom stereocenters. The number of anilines is 1. The molecule has 2 rings (SSSR count). The fourth-order valence-electron chi connectivity index (χ4n) is 1.78. The molecule has 0 aliphatic carbocycles. The lowest BCUT2D eigenvalue weighted by Gasteiger charge is -2.09. The number of pyridine rings is 1. The fraction of sp³-hybridized carbons (Fsp3) is 0.200. The molecule has 1 amide bonds. The second-order valence-electron chi connectivity index (χ2n) is 4.66. The first kappa shape index (κ1) is 19.2. The van der Waals surface area contributed by atoms with Crippen LogP contribution in [-0.4, -0.2) is 5.91 Å². The van der Waals surface area contributed by atoms with Crippen LogP contribution in [0, 0.1) is 6.92 Å². The number of amides is 1. The topological polar surface area (TPSA) is 33.0 Å². The third kappa shape index (κ3) is 5.43. The minimum Gasteiger partial charge on any atom is -1.00 e. The molecule has 0 atom stereocenters. The molecule has 0 saturated heterocycles. The molecule has 0 fully saturated rings. The number of rotatable bonds is 4. The summed E-state index contributed by atoms with van der Waals surface area (Å²) in [5, 5.41) is 3.79. The number of nitrogens with one attached hydrogen (secondary N) is 1. The molecule has 1 heterocycles. The van der Waals surface area contributed by atoms with E-state index in [2.05, 4.69) is 5.32 Å². The van der Waals surface area contributed by atoms with Crippen LogP contribution in [-0.2, 0) is 11.3 Å². The summed E-state index contributed by atoms with van der Waals surface area (Å²) in [6, 6.07) is 7.06. The predicted molar refractivity (Wildman–Crippen MR) is 86.1 cm³/mol. The Morgan fingerprint density at radius 1 is 1.14 bits per heavy atom. The van der Waals surface area contributed by atoms with Gasteiger partial charge in [-0.25, -0.2) is 4.57 Å².